The second kappa shape index (κ2) is 9.82. The second-order valence-electron chi connectivity index (χ2n) is 6.56. The molecule has 178 valence electrons. The molecule has 3 rings (SSSR count). The monoisotopic (exact) mass is 571 g/mol. The SMILES string of the molecule is COc1cc(/C=C2\SC(=O)N(CC(N)=O)C2=O)cc(Br)c1OS(=O)(=O)c1ccc([N+](=O)[O-])cc1. The number of thioether (sulfide) groups is 1. The minimum atomic E-state index is -4.38. The summed E-state index contributed by atoms with van der Waals surface area (Å²) >= 11 is 3.81. The van der Waals surface area contributed by atoms with Crippen LogP contribution in [0.5, 0.6) is 11.5 Å². The number of nitro groups is 1. The first-order valence-electron chi connectivity index (χ1n) is 9.03. The van der Waals surface area contributed by atoms with Gasteiger partial charge in [0, 0.05) is 12.1 Å². The molecule has 0 unspecified atom stereocenters. The van der Waals surface area contributed by atoms with Gasteiger partial charge in [0.15, 0.2) is 11.5 Å². The molecule has 2 aromatic carbocycles. The van der Waals surface area contributed by atoms with Crippen molar-refractivity contribution in [2.24, 2.45) is 5.73 Å². The van der Waals surface area contributed by atoms with E-state index in [1.54, 1.807) is 0 Å². The lowest BCUT2D eigenvalue weighted by atomic mass is 10.2. The molecule has 0 bridgehead atoms. The van der Waals surface area contributed by atoms with Crippen LogP contribution in [0.3, 0.4) is 0 Å². The van der Waals surface area contributed by atoms with Crippen LogP contribution in [0.1, 0.15) is 5.56 Å². The zero-order valence-electron chi connectivity index (χ0n) is 17.1. The van der Waals surface area contributed by atoms with Gasteiger partial charge in [-0.3, -0.25) is 29.4 Å². The number of nitrogens with two attached hydrogens (primary N) is 1. The molecule has 1 saturated heterocycles. The predicted molar refractivity (Wildman–Crippen MR) is 123 cm³/mol. The Morgan fingerprint density at radius 1 is 1.26 bits per heavy atom. The molecule has 0 atom stereocenters. The molecule has 1 aliphatic heterocycles. The molecule has 15 heteroatoms. The zero-order valence-corrected chi connectivity index (χ0v) is 20.3. The maximum Gasteiger partial charge on any atom is 0.339 e. The largest absolute Gasteiger partial charge is 0.493 e. The first kappa shape index (κ1) is 25.2. The lowest BCUT2D eigenvalue weighted by molar-refractivity contribution is -0.384. The molecule has 1 heterocycles. The summed E-state index contributed by atoms with van der Waals surface area (Å²) in [4.78, 5) is 46.0. The predicted octanol–water partition coefficient (Wildman–Crippen LogP) is 2.66. The van der Waals surface area contributed by atoms with E-state index >= 15 is 0 Å². The van der Waals surface area contributed by atoms with E-state index in [0.29, 0.717) is 22.2 Å². The van der Waals surface area contributed by atoms with Crippen LogP contribution in [0.25, 0.3) is 6.08 Å². The van der Waals surface area contributed by atoms with Crippen LogP contribution < -0.4 is 14.7 Å². The van der Waals surface area contributed by atoms with Crippen LogP contribution in [-0.4, -0.2) is 48.9 Å². The number of amides is 3. The molecule has 1 fully saturated rings. The van der Waals surface area contributed by atoms with Gasteiger partial charge in [-0.1, -0.05) is 0 Å². The fourth-order valence-corrected chi connectivity index (χ4v) is 5.18. The molecule has 0 aromatic heterocycles. The Morgan fingerprint density at radius 2 is 1.91 bits per heavy atom. The van der Waals surface area contributed by atoms with E-state index in [1.807, 2.05) is 0 Å². The Hall–Kier alpha value is -3.43. The van der Waals surface area contributed by atoms with E-state index in [9.17, 15) is 32.9 Å². The first-order valence-corrected chi connectivity index (χ1v) is 12.0. The van der Waals surface area contributed by atoms with E-state index in [4.69, 9.17) is 14.7 Å². The summed E-state index contributed by atoms with van der Waals surface area (Å²) in [5.74, 6) is -1.78. The standard InChI is InChI=1S/C19H14BrN3O9S2/c1-31-14-7-10(8-15-18(25)22(9-16(21)24)19(26)33-15)6-13(20)17(14)32-34(29,30)12-4-2-11(3-5-12)23(27)28/h2-8H,9H2,1H3,(H2,21,24)/b15-8-. The Labute approximate surface area is 205 Å². The van der Waals surface area contributed by atoms with Crippen LogP contribution >= 0.6 is 27.7 Å². The van der Waals surface area contributed by atoms with Crippen molar-refractivity contribution in [2.75, 3.05) is 13.7 Å². The zero-order chi connectivity index (χ0) is 25.2. The minimum Gasteiger partial charge on any atom is -0.493 e. The quantitative estimate of drug-likeness (QED) is 0.214. The third-order valence-electron chi connectivity index (χ3n) is 4.27. The number of rotatable bonds is 8. The van der Waals surface area contributed by atoms with Gasteiger partial charge < -0.3 is 14.7 Å². The molecule has 0 spiro atoms. The highest BCUT2D eigenvalue weighted by Gasteiger charge is 2.36. The molecule has 34 heavy (non-hydrogen) atoms. The molecule has 0 radical (unpaired) electrons. The number of non-ortho nitro benzene ring substituents is 1. The number of hydrogen-bond donors (Lipinski definition) is 1. The summed E-state index contributed by atoms with van der Waals surface area (Å²) in [5.41, 5.74) is 5.12. The Bertz CT molecular complexity index is 1340. The van der Waals surface area contributed by atoms with Gasteiger partial charge in [-0.25, -0.2) is 0 Å². The average Bonchev–Trinajstić information content (AvgIpc) is 3.02. The topological polar surface area (TPSA) is 176 Å². The fourth-order valence-electron chi connectivity index (χ4n) is 2.74. The van der Waals surface area contributed by atoms with E-state index in [2.05, 4.69) is 15.9 Å². The van der Waals surface area contributed by atoms with Gasteiger partial charge in [0.05, 0.1) is 21.4 Å². The summed E-state index contributed by atoms with van der Waals surface area (Å²) < 4.78 is 35.9. The minimum absolute atomic E-state index is 0.0207. The van der Waals surface area contributed by atoms with Crippen molar-refractivity contribution >= 4 is 66.6 Å². The van der Waals surface area contributed by atoms with Crippen molar-refractivity contribution < 1.29 is 36.6 Å². The lowest BCUT2D eigenvalue weighted by Gasteiger charge is -2.13. The van der Waals surface area contributed by atoms with E-state index in [0.717, 1.165) is 24.3 Å². The molecule has 2 aromatic rings. The number of ether oxygens (including phenoxy) is 1. The summed E-state index contributed by atoms with van der Waals surface area (Å²) in [7, 11) is -3.12. The highest BCUT2D eigenvalue weighted by molar-refractivity contribution is 9.10. The van der Waals surface area contributed by atoms with Crippen molar-refractivity contribution in [2.45, 2.75) is 4.90 Å². The molecule has 3 amide bonds. The number of halogens is 1. The number of hydrogen-bond acceptors (Lipinski definition) is 10. The maximum absolute atomic E-state index is 12.7. The Kier molecular flexibility index (Phi) is 7.28. The van der Waals surface area contributed by atoms with E-state index < -0.39 is 38.6 Å². The maximum atomic E-state index is 12.7. The number of nitrogens with zero attached hydrogens (tertiary/aromatic N) is 2. The van der Waals surface area contributed by atoms with Crippen LogP contribution in [0, 0.1) is 10.1 Å². The van der Waals surface area contributed by atoms with Gasteiger partial charge in [0.25, 0.3) is 16.8 Å². The average molecular weight is 572 g/mol. The van der Waals surface area contributed by atoms with Crippen molar-refractivity contribution in [1.82, 2.24) is 4.90 Å². The van der Waals surface area contributed by atoms with Crippen LogP contribution in [-0.2, 0) is 19.7 Å². The Balaban J connectivity index is 1.91. The molecule has 0 saturated carbocycles. The highest BCUT2D eigenvalue weighted by Crippen LogP contribution is 2.40. The first-order chi connectivity index (χ1) is 15.9. The van der Waals surface area contributed by atoms with E-state index in [-0.39, 0.29) is 31.5 Å². The van der Waals surface area contributed by atoms with Gasteiger partial charge in [-0.05, 0) is 63.6 Å². The number of imide groups is 1. The molecule has 12 nitrogen and oxygen atoms in total. The fraction of sp³-hybridized carbons (Fsp3) is 0.105. The third-order valence-corrected chi connectivity index (χ3v) is 7.00. The number of carbonyl (C=O) groups is 3. The summed E-state index contributed by atoms with van der Waals surface area (Å²) in [6, 6.07) is 6.90. The van der Waals surface area contributed by atoms with E-state index in [1.165, 1.54) is 25.3 Å². The van der Waals surface area contributed by atoms with Crippen LogP contribution in [0.15, 0.2) is 50.7 Å². The summed E-state index contributed by atoms with van der Waals surface area (Å²) in [6.45, 7) is -0.553. The van der Waals surface area contributed by atoms with Crippen molar-refractivity contribution in [1.29, 1.82) is 0 Å². The number of primary amides is 1. The number of benzene rings is 2. The van der Waals surface area contributed by atoms with Crippen molar-refractivity contribution in [3.05, 3.63) is 61.5 Å². The second-order valence-corrected chi connectivity index (χ2v) is 9.95. The third kappa shape index (κ3) is 5.37. The van der Waals surface area contributed by atoms with Gasteiger partial charge in [-0.15, -0.1) is 0 Å². The van der Waals surface area contributed by atoms with Crippen LogP contribution in [0.2, 0.25) is 0 Å². The lowest BCUT2D eigenvalue weighted by Crippen LogP contribution is -2.36. The van der Waals surface area contributed by atoms with Gasteiger partial charge >= 0.3 is 10.1 Å². The summed E-state index contributed by atoms with van der Waals surface area (Å²) in [6.07, 6.45) is 1.35. The van der Waals surface area contributed by atoms with Crippen molar-refractivity contribution in [3.8, 4) is 11.5 Å². The normalized spacial score (nSPS) is 15.0. The van der Waals surface area contributed by atoms with Crippen molar-refractivity contribution in [3.63, 3.8) is 0 Å². The number of nitro benzene ring substituents is 1. The highest BCUT2D eigenvalue weighted by atomic mass is 79.9. The Morgan fingerprint density at radius 3 is 2.47 bits per heavy atom. The number of methoxy groups -OCH3 is 1. The summed E-state index contributed by atoms with van der Waals surface area (Å²) in [5, 5.41) is 10.1. The molecular formula is C19H14BrN3O9S2. The molecule has 1 aliphatic rings. The molecule has 0 aliphatic carbocycles. The van der Waals surface area contributed by atoms with Crippen LogP contribution in [0.4, 0.5) is 10.5 Å². The smallest absolute Gasteiger partial charge is 0.339 e. The molecule has 2 N–H and O–H groups in total. The molecular weight excluding hydrogens is 558 g/mol. The van der Waals surface area contributed by atoms with Gasteiger partial charge in [0.1, 0.15) is 11.4 Å². The van der Waals surface area contributed by atoms with Gasteiger partial charge in [0.2, 0.25) is 5.91 Å². The van der Waals surface area contributed by atoms with Gasteiger partial charge in [-0.2, -0.15) is 8.42 Å². The number of carbonyl (C=O) groups excluding carboxylic acids is 3.